The van der Waals surface area contributed by atoms with Crippen LogP contribution in [0.2, 0.25) is 0 Å². The molecule has 0 aliphatic rings. The average molecular weight is 696 g/mol. The molecule has 0 spiro atoms. The average Bonchev–Trinajstić information content (AvgIpc) is 2.84. The molecule has 0 fully saturated rings. The number of hydrogen-bond donors (Lipinski definition) is 2. The number of halogens is 3. The summed E-state index contributed by atoms with van der Waals surface area (Å²) < 4.78 is 21.4. The molecular formula is C25H19FI2N4O3. The van der Waals surface area contributed by atoms with Crippen LogP contribution in [0.3, 0.4) is 0 Å². The van der Waals surface area contributed by atoms with E-state index in [-0.39, 0.29) is 5.69 Å². The first-order valence-electron chi connectivity index (χ1n) is 10.3. The number of hydrazone groups is 1. The zero-order chi connectivity index (χ0) is 25.4. The summed E-state index contributed by atoms with van der Waals surface area (Å²) in [6.07, 6.45) is 1.47. The number of carbonyl (C=O) groups is 2. The fourth-order valence-electron chi connectivity index (χ4n) is 2.81. The summed E-state index contributed by atoms with van der Waals surface area (Å²) in [6.45, 7) is 1.76. The molecule has 2 amide bonds. The van der Waals surface area contributed by atoms with Crippen LogP contribution in [-0.4, -0.2) is 18.0 Å². The van der Waals surface area contributed by atoms with Gasteiger partial charge in [0.25, 0.3) is 5.91 Å². The Balaban J connectivity index is 1.57. The van der Waals surface area contributed by atoms with Gasteiger partial charge in [-0.2, -0.15) is 10.4 Å². The van der Waals surface area contributed by atoms with Crippen molar-refractivity contribution in [3.05, 3.63) is 90.3 Å². The van der Waals surface area contributed by atoms with Gasteiger partial charge in [0.15, 0.2) is 0 Å². The van der Waals surface area contributed by atoms with E-state index in [9.17, 15) is 14.0 Å². The molecule has 7 nitrogen and oxygen atoms in total. The Hall–Kier alpha value is -3.05. The summed E-state index contributed by atoms with van der Waals surface area (Å²) in [7, 11) is 0. The molecule has 35 heavy (non-hydrogen) atoms. The van der Waals surface area contributed by atoms with Crippen LogP contribution in [0.25, 0.3) is 0 Å². The lowest BCUT2D eigenvalue weighted by Gasteiger charge is -2.12. The third kappa shape index (κ3) is 7.46. The molecule has 0 heterocycles. The van der Waals surface area contributed by atoms with E-state index < -0.39 is 23.5 Å². The maximum absolute atomic E-state index is 13.7. The Morgan fingerprint density at radius 1 is 1.11 bits per heavy atom. The van der Waals surface area contributed by atoms with Gasteiger partial charge in [-0.3, -0.25) is 9.59 Å². The molecule has 0 bridgehead atoms. The first-order chi connectivity index (χ1) is 16.8. The highest BCUT2D eigenvalue weighted by Gasteiger charge is 2.22. The summed E-state index contributed by atoms with van der Waals surface area (Å²) in [5, 5.41) is 15.2. The lowest BCUT2D eigenvalue weighted by Crippen LogP contribution is -2.34. The number of nitrogens with one attached hydrogen (secondary N) is 2. The largest absolute Gasteiger partial charge is 0.487 e. The number of benzene rings is 3. The molecule has 1 atom stereocenters. The molecule has 2 N–H and O–H groups in total. The number of para-hydroxylation sites is 1. The van der Waals surface area contributed by atoms with E-state index in [1.54, 1.807) is 18.2 Å². The highest BCUT2D eigenvalue weighted by molar-refractivity contribution is 14.1. The minimum Gasteiger partial charge on any atom is -0.487 e. The number of nitrogens with zero attached hydrogens (tertiary/aromatic N) is 2. The topological polar surface area (TPSA) is 104 Å². The van der Waals surface area contributed by atoms with Crippen LogP contribution in [0.4, 0.5) is 10.1 Å². The highest BCUT2D eigenvalue weighted by atomic mass is 127. The summed E-state index contributed by atoms with van der Waals surface area (Å²) in [5.41, 5.74) is 4.61. The van der Waals surface area contributed by atoms with Crippen LogP contribution < -0.4 is 15.5 Å². The van der Waals surface area contributed by atoms with Gasteiger partial charge in [0, 0.05) is 0 Å². The first kappa shape index (κ1) is 26.6. The van der Waals surface area contributed by atoms with Crippen LogP contribution in [-0.2, 0) is 16.2 Å². The molecular weight excluding hydrogens is 677 g/mol. The van der Waals surface area contributed by atoms with Gasteiger partial charge in [-0.25, -0.2) is 9.82 Å². The Kier molecular flexibility index (Phi) is 9.55. The van der Waals surface area contributed by atoms with Crippen LogP contribution >= 0.6 is 45.2 Å². The zero-order valence-corrected chi connectivity index (χ0v) is 22.7. The SMILES string of the molecule is CC(C(=O)NN=Cc1cc(I)c(OCc2ccc(C#N)cc2)c(I)c1)C(=O)Nc1ccccc1F. The monoisotopic (exact) mass is 696 g/mol. The van der Waals surface area contributed by atoms with Crippen molar-refractivity contribution in [2.75, 3.05) is 5.32 Å². The van der Waals surface area contributed by atoms with E-state index in [2.05, 4.69) is 67.1 Å². The van der Waals surface area contributed by atoms with Gasteiger partial charge in [-0.15, -0.1) is 0 Å². The minimum absolute atomic E-state index is 0.00583. The van der Waals surface area contributed by atoms with Crippen molar-refractivity contribution in [3.63, 3.8) is 0 Å². The lowest BCUT2D eigenvalue weighted by molar-refractivity contribution is -0.131. The van der Waals surface area contributed by atoms with Crippen LogP contribution in [0.15, 0.2) is 65.8 Å². The molecule has 1 unspecified atom stereocenters. The summed E-state index contributed by atoms with van der Waals surface area (Å²) >= 11 is 4.32. The van der Waals surface area contributed by atoms with Crippen molar-refractivity contribution in [1.29, 1.82) is 5.26 Å². The number of amides is 2. The molecule has 178 valence electrons. The Labute approximate surface area is 229 Å². The zero-order valence-electron chi connectivity index (χ0n) is 18.4. The molecule has 0 aliphatic carbocycles. The third-order valence-corrected chi connectivity index (χ3v) is 6.40. The number of anilines is 1. The number of rotatable bonds is 8. The number of nitriles is 1. The van der Waals surface area contributed by atoms with Crippen molar-refractivity contribution in [2.24, 2.45) is 11.0 Å². The van der Waals surface area contributed by atoms with Gasteiger partial charge in [-0.1, -0.05) is 24.3 Å². The highest BCUT2D eigenvalue weighted by Crippen LogP contribution is 2.29. The molecule has 10 heteroatoms. The standard InChI is InChI=1S/C25H19FI2N4O3/c1-15(24(33)31-22-5-3-2-4-19(22)26)25(34)32-30-13-18-10-20(27)23(21(28)11-18)35-14-17-8-6-16(12-29)7-9-17/h2-11,13,15H,14H2,1H3,(H,31,33)(H,32,34). The Morgan fingerprint density at radius 3 is 2.40 bits per heavy atom. The van der Waals surface area contributed by atoms with E-state index in [4.69, 9.17) is 10.00 Å². The molecule has 0 saturated carbocycles. The lowest BCUT2D eigenvalue weighted by atomic mass is 10.1. The normalized spacial score (nSPS) is 11.5. The second kappa shape index (κ2) is 12.6. The maximum Gasteiger partial charge on any atom is 0.252 e. The number of ether oxygens (including phenoxy) is 1. The molecule has 0 aromatic heterocycles. The fraction of sp³-hybridized carbons (Fsp3) is 0.120. The van der Waals surface area contributed by atoms with E-state index in [1.165, 1.54) is 31.3 Å². The van der Waals surface area contributed by atoms with Crippen LogP contribution in [0.5, 0.6) is 5.75 Å². The van der Waals surface area contributed by atoms with E-state index in [0.29, 0.717) is 12.2 Å². The van der Waals surface area contributed by atoms with Gasteiger partial charge in [0.2, 0.25) is 5.91 Å². The molecule has 3 rings (SSSR count). The van der Waals surface area contributed by atoms with Crippen molar-refractivity contribution in [3.8, 4) is 11.8 Å². The molecule has 3 aromatic carbocycles. The first-order valence-corrected chi connectivity index (χ1v) is 12.4. The van der Waals surface area contributed by atoms with Crippen LogP contribution in [0.1, 0.15) is 23.6 Å². The minimum atomic E-state index is -1.08. The van der Waals surface area contributed by atoms with Crippen molar-refractivity contribution >= 4 is 68.9 Å². The van der Waals surface area contributed by atoms with Crippen molar-refractivity contribution in [1.82, 2.24) is 5.43 Å². The fourth-order valence-corrected chi connectivity index (χ4v) is 4.94. The van der Waals surface area contributed by atoms with E-state index >= 15 is 0 Å². The van der Waals surface area contributed by atoms with Crippen molar-refractivity contribution < 1.29 is 18.7 Å². The molecule has 0 radical (unpaired) electrons. The smallest absolute Gasteiger partial charge is 0.252 e. The number of carbonyl (C=O) groups excluding carboxylic acids is 2. The van der Waals surface area contributed by atoms with Crippen LogP contribution in [0, 0.1) is 30.2 Å². The summed E-state index contributed by atoms with van der Waals surface area (Å²) in [4.78, 5) is 24.5. The predicted molar refractivity (Wildman–Crippen MR) is 147 cm³/mol. The maximum atomic E-state index is 13.7. The summed E-state index contributed by atoms with van der Waals surface area (Å²) in [6, 6.07) is 18.7. The second-order valence-electron chi connectivity index (χ2n) is 7.34. The van der Waals surface area contributed by atoms with Crippen molar-refractivity contribution in [2.45, 2.75) is 13.5 Å². The second-order valence-corrected chi connectivity index (χ2v) is 9.66. The van der Waals surface area contributed by atoms with Gasteiger partial charge in [0.1, 0.15) is 24.1 Å². The van der Waals surface area contributed by atoms with Gasteiger partial charge < -0.3 is 10.1 Å². The molecule has 3 aromatic rings. The predicted octanol–water partition coefficient (Wildman–Crippen LogP) is 5.21. The summed E-state index contributed by atoms with van der Waals surface area (Å²) in [5.74, 6) is -2.21. The number of hydrogen-bond acceptors (Lipinski definition) is 5. The Morgan fingerprint density at radius 2 is 1.77 bits per heavy atom. The van der Waals surface area contributed by atoms with E-state index in [1.807, 2.05) is 24.3 Å². The Bertz CT molecular complexity index is 1280. The molecule has 0 saturated heterocycles. The van der Waals surface area contributed by atoms with E-state index in [0.717, 1.165) is 24.0 Å². The van der Waals surface area contributed by atoms with Gasteiger partial charge in [-0.05, 0) is 99.6 Å². The third-order valence-electron chi connectivity index (χ3n) is 4.79. The molecule has 0 aliphatic heterocycles. The van der Waals surface area contributed by atoms with Gasteiger partial charge in [0.05, 0.1) is 30.7 Å². The van der Waals surface area contributed by atoms with Gasteiger partial charge >= 0.3 is 0 Å². The quantitative estimate of drug-likeness (QED) is 0.146.